The van der Waals surface area contributed by atoms with Crippen molar-refractivity contribution in [2.24, 2.45) is 10.7 Å². The van der Waals surface area contributed by atoms with Gasteiger partial charge < -0.3 is 20.7 Å². The Bertz CT molecular complexity index is 883. The number of nitrogens with two attached hydrogens (primary N) is 1. The fraction of sp³-hybridized carbons (Fsp3) is 0.400. The number of amidine groups is 1. The lowest BCUT2D eigenvalue weighted by Crippen LogP contribution is -2.52. The molecular weight excluding hydrogens is 415 g/mol. The number of anilines is 1. The van der Waals surface area contributed by atoms with Crippen molar-refractivity contribution < 1.29 is 13.9 Å². The molecule has 2 aliphatic heterocycles. The molecule has 0 bridgehead atoms. The van der Waals surface area contributed by atoms with Gasteiger partial charge in [-0.05, 0) is 36.4 Å². The van der Waals surface area contributed by atoms with E-state index in [0.717, 1.165) is 12.8 Å². The van der Waals surface area contributed by atoms with Gasteiger partial charge >= 0.3 is 6.09 Å². The van der Waals surface area contributed by atoms with E-state index in [4.69, 9.17) is 10.5 Å². The van der Waals surface area contributed by atoms with E-state index in [9.17, 15) is 9.18 Å². The fourth-order valence-electron chi connectivity index (χ4n) is 3.70. The minimum absolute atomic E-state index is 0. The van der Waals surface area contributed by atoms with E-state index in [1.54, 1.807) is 28.4 Å². The smallest absolute Gasteiger partial charge is 0.409 e. The van der Waals surface area contributed by atoms with Crippen LogP contribution in [0.2, 0.25) is 0 Å². The van der Waals surface area contributed by atoms with Crippen LogP contribution >= 0.6 is 23.7 Å². The van der Waals surface area contributed by atoms with E-state index >= 15 is 0 Å². The molecule has 4 rings (SSSR count). The van der Waals surface area contributed by atoms with Crippen LogP contribution in [0.1, 0.15) is 29.7 Å². The van der Waals surface area contributed by atoms with Crippen molar-refractivity contribution in [3.63, 3.8) is 0 Å². The Labute approximate surface area is 179 Å². The van der Waals surface area contributed by atoms with Crippen LogP contribution in [0.15, 0.2) is 40.7 Å². The third-order valence-corrected chi connectivity index (χ3v) is 6.13. The lowest BCUT2D eigenvalue weighted by atomic mass is 9.94. The molecule has 0 saturated carbocycles. The number of benzene rings is 1. The molecule has 1 aromatic heterocycles. The van der Waals surface area contributed by atoms with Gasteiger partial charge in [-0.25, -0.2) is 14.2 Å². The number of amides is 1. The number of fused-ring (bicyclic) bond motifs is 1. The molecule has 9 heteroatoms. The Morgan fingerprint density at radius 3 is 2.83 bits per heavy atom. The number of nitrogens with one attached hydrogen (secondary N) is 1. The highest BCUT2D eigenvalue weighted by molar-refractivity contribution is 7.09. The first-order valence-electron chi connectivity index (χ1n) is 9.43. The van der Waals surface area contributed by atoms with Gasteiger partial charge in [0.1, 0.15) is 17.3 Å². The minimum atomic E-state index is -0.596. The molecule has 2 aliphatic rings. The highest BCUT2D eigenvalue weighted by Gasteiger charge is 2.39. The number of hydrogen-bond acceptors (Lipinski definition) is 6. The molecule has 1 spiro atoms. The van der Waals surface area contributed by atoms with E-state index in [0.29, 0.717) is 43.8 Å². The van der Waals surface area contributed by atoms with Gasteiger partial charge in [0.2, 0.25) is 0 Å². The summed E-state index contributed by atoms with van der Waals surface area (Å²) in [6.45, 7) is 1.44. The monoisotopic (exact) mass is 438 g/mol. The number of aryl methyl sites for hydroxylation is 1. The van der Waals surface area contributed by atoms with Crippen LogP contribution in [-0.4, -0.2) is 42.2 Å². The normalized spacial score (nSPS) is 17.0. The van der Waals surface area contributed by atoms with Crippen LogP contribution in [0, 0.1) is 5.82 Å². The van der Waals surface area contributed by atoms with E-state index in [2.05, 4.69) is 16.4 Å². The van der Waals surface area contributed by atoms with Crippen molar-refractivity contribution in [2.75, 3.05) is 25.0 Å². The van der Waals surface area contributed by atoms with Crippen LogP contribution in [0.3, 0.4) is 0 Å². The Kier molecular flexibility index (Phi) is 6.64. The molecule has 1 aromatic carbocycles. The molecule has 1 amide bonds. The third kappa shape index (κ3) is 4.64. The quantitative estimate of drug-likeness (QED) is 0.707. The molecule has 1 saturated heterocycles. The molecule has 0 atom stereocenters. The van der Waals surface area contributed by atoms with Gasteiger partial charge in [-0.3, -0.25) is 0 Å². The molecule has 0 aliphatic carbocycles. The number of thiophene rings is 1. The lowest BCUT2D eigenvalue weighted by Gasteiger charge is -2.42. The number of aliphatic imine (C=N–C) groups is 1. The van der Waals surface area contributed by atoms with E-state index in [1.807, 2.05) is 11.4 Å². The second-order valence-electron chi connectivity index (χ2n) is 7.10. The summed E-state index contributed by atoms with van der Waals surface area (Å²) in [5, 5.41) is 5.37. The van der Waals surface area contributed by atoms with Gasteiger partial charge in [-0.15, -0.1) is 23.7 Å². The number of carbonyl (C=O) groups is 1. The molecule has 156 valence electrons. The number of rotatable bonds is 4. The topological polar surface area (TPSA) is 80.0 Å². The predicted octanol–water partition coefficient (Wildman–Crippen LogP) is 4.00. The SMILES string of the molecule is Cl.NC1=NC2(CCN(C(=O)OCCCc3cccs3)CC2)Nc2cccc(F)c21. The number of halogens is 2. The van der Waals surface area contributed by atoms with Crippen molar-refractivity contribution in [3.8, 4) is 0 Å². The molecule has 6 nitrogen and oxygen atoms in total. The molecule has 0 unspecified atom stereocenters. The van der Waals surface area contributed by atoms with E-state index < -0.39 is 5.66 Å². The standard InChI is InChI=1S/C20H23FN4O2S.ClH/c21-15-6-1-7-16-17(15)18(22)24-20(23-16)8-10-25(11-9-20)19(26)27-12-2-4-14-5-3-13-28-14;/h1,3,5-7,13,23H,2,4,8-12H2,(H2,22,24);1H. The summed E-state index contributed by atoms with van der Waals surface area (Å²) in [6.07, 6.45) is 2.62. The Morgan fingerprint density at radius 2 is 2.10 bits per heavy atom. The summed E-state index contributed by atoms with van der Waals surface area (Å²) in [4.78, 5) is 19.8. The minimum Gasteiger partial charge on any atom is -0.449 e. The first-order valence-corrected chi connectivity index (χ1v) is 10.3. The van der Waals surface area contributed by atoms with Crippen molar-refractivity contribution in [3.05, 3.63) is 52.0 Å². The van der Waals surface area contributed by atoms with Crippen molar-refractivity contribution in [1.29, 1.82) is 0 Å². The summed E-state index contributed by atoms with van der Waals surface area (Å²) in [5.41, 5.74) is 6.41. The van der Waals surface area contributed by atoms with Crippen LogP contribution in [0.25, 0.3) is 0 Å². The average Bonchev–Trinajstić information content (AvgIpc) is 3.19. The summed E-state index contributed by atoms with van der Waals surface area (Å²) >= 11 is 1.71. The molecular formula is C20H24ClFN4O2S. The highest BCUT2D eigenvalue weighted by atomic mass is 35.5. The second-order valence-corrected chi connectivity index (χ2v) is 8.13. The molecule has 29 heavy (non-hydrogen) atoms. The van der Waals surface area contributed by atoms with Gasteiger partial charge in [0, 0.05) is 36.5 Å². The largest absolute Gasteiger partial charge is 0.449 e. The van der Waals surface area contributed by atoms with Crippen LogP contribution in [-0.2, 0) is 11.2 Å². The van der Waals surface area contributed by atoms with Crippen molar-refractivity contribution >= 4 is 41.4 Å². The summed E-state index contributed by atoms with van der Waals surface area (Å²) < 4.78 is 19.4. The van der Waals surface area contributed by atoms with Crippen LogP contribution in [0.5, 0.6) is 0 Å². The zero-order valence-electron chi connectivity index (χ0n) is 15.9. The maximum atomic E-state index is 14.0. The second kappa shape index (κ2) is 9.00. The number of likely N-dealkylation sites (tertiary alicyclic amines) is 1. The number of nitrogens with zero attached hydrogens (tertiary/aromatic N) is 2. The van der Waals surface area contributed by atoms with Gasteiger partial charge in [-0.1, -0.05) is 12.1 Å². The first-order chi connectivity index (χ1) is 13.6. The molecule has 2 aromatic rings. The average molecular weight is 439 g/mol. The lowest BCUT2D eigenvalue weighted by molar-refractivity contribution is 0.0858. The first kappa shape index (κ1) is 21.4. The number of hydrogen-bond donors (Lipinski definition) is 2. The van der Waals surface area contributed by atoms with Gasteiger partial charge in [-0.2, -0.15) is 0 Å². The van der Waals surface area contributed by atoms with Crippen LogP contribution < -0.4 is 11.1 Å². The van der Waals surface area contributed by atoms with E-state index in [-0.39, 0.29) is 30.2 Å². The predicted molar refractivity (Wildman–Crippen MR) is 116 cm³/mol. The fourth-order valence-corrected chi connectivity index (χ4v) is 4.45. The van der Waals surface area contributed by atoms with Crippen LogP contribution in [0.4, 0.5) is 14.9 Å². The number of carbonyl (C=O) groups excluding carboxylic acids is 1. The van der Waals surface area contributed by atoms with Crippen molar-refractivity contribution in [1.82, 2.24) is 4.90 Å². The third-order valence-electron chi connectivity index (χ3n) is 5.19. The molecule has 1 fully saturated rings. The summed E-state index contributed by atoms with van der Waals surface area (Å²) in [7, 11) is 0. The van der Waals surface area contributed by atoms with Crippen molar-refractivity contribution in [2.45, 2.75) is 31.3 Å². The summed E-state index contributed by atoms with van der Waals surface area (Å²) in [5.74, 6) is -0.180. The highest BCUT2D eigenvalue weighted by Crippen LogP contribution is 2.35. The maximum Gasteiger partial charge on any atom is 0.409 e. The maximum absolute atomic E-state index is 14.0. The molecule has 0 radical (unpaired) electrons. The molecule has 3 N–H and O–H groups in total. The van der Waals surface area contributed by atoms with Gasteiger partial charge in [0.05, 0.1) is 12.2 Å². The van der Waals surface area contributed by atoms with Gasteiger partial charge in [0.25, 0.3) is 0 Å². The summed E-state index contributed by atoms with van der Waals surface area (Å²) in [6, 6.07) is 8.94. The number of piperidine rings is 1. The molecule has 3 heterocycles. The number of ether oxygens (including phenoxy) is 1. The Balaban J connectivity index is 0.00000240. The Hall–Kier alpha value is -2.32. The zero-order valence-corrected chi connectivity index (χ0v) is 17.5. The zero-order chi connectivity index (χ0) is 19.6. The van der Waals surface area contributed by atoms with E-state index in [1.165, 1.54) is 10.9 Å². The Morgan fingerprint density at radius 1 is 1.31 bits per heavy atom. The van der Waals surface area contributed by atoms with Gasteiger partial charge in [0.15, 0.2) is 0 Å².